The number of aromatic carboxylic acids is 1. The van der Waals surface area contributed by atoms with Crippen LogP contribution in [-0.4, -0.2) is 79.2 Å². The van der Waals surface area contributed by atoms with Gasteiger partial charge in [0.05, 0.1) is 13.7 Å². The van der Waals surface area contributed by atoms with Crippen LogP contribution >= 0.6 is 23.7 Å². The van der Waals surface area contributed by atoms with Crippen LogP contribution in [0.25, 0.3) is 10.1 Å². The number of hydroxylamine groups is 1. The number of carbonyl (C=O) groups is 1. The summed E-state index contributed by atoms with van der Waals surface area (Å²) in [5.41, 5.74) is 3.78. The molecule has 3 heterocycles. The molecule has 182 valence electrons. The Hall–Kier alpha value is -2.37. The molecule has 33 heavy (non-hydrogen) atoms. The molecule has 1 saturated heterocycles. The van der Waals surface area contributed by atoms with Crippen LogP contribution in [0.3, 0.4) is 0 Å². The summed E-state index contributed by atoms with van der Waals surface area (Å²) in [6.45, 7) is 5.65. The Morgan fingerprint density at radius 1 is 1.24 bits per heavy atom. The monoisotopic (exact) mass is 497 g/mol. The zero-order chi connectivity index (χ0) is 22.9. The minimum absolute atomic E-state index is 0. The summed E-state index contributed by atoms with van der Waals surface area (Å²) in [5.74, 6) is -0.549. The van der Waals surface area contributed by atoms with Gasteiger partial charge in [0.1, 0.15) is 0 Å². The number of fused-ring (bicyclic) bond motifs is 1. The second-order valence-electron chi connectivity index (χ2n) is 7.35. The van der Waals surface area contributed by atoms with Gasteiger partial charge in [0.25, 0.3) is 0 Å². The molecule has 11 heteroatoms. The molecule has 0 amide bonds. The average Bonchev–Trinajstić information content (AvgIpc) is 3.44. The van der Waals surface area contributed by atoms with Crippen LogP contribution in [-0.2, 0) is 11.9 Å². The van der Waals surface area contributed by atoms with Crippen molar-refractivity contribution in [3.8, 4) is 5.88 Å². The van der Waals surface area contributed by atoms with Crippen molar-refractivity contribution in [3.63, 3.8) is 0 Å². The van der Waals surface area contributed by atoms with Gasteiger partial charge in [-0.25, -0.2) is 15.0 Å². The lowest BCUT2D eigenvalue weighted by atomic mass is 10.2. The van der Waals surface area contributed by atoms with Gasteiger partial charge in [0.2, 0.25) is 5.88 Å². The molecule has 4 rings (SSSR count). The van der Waals surface area contributed by atoms with Gasteiger partial charge in [-0.05, 0) is 30.0 Å². The van der Waals surface area contributed by atoms with Gasteiger partial charge in [-0.2, -0.15) is 5.10 Å². The number of aromatic nitrogens is 2. The minimum atomic E-state index is -1.04. The molecule has 2 N–H and O–H groups in total. The number of aryl methyl sites for hydroxylation is 1. The van der Waals surface area contributed by atoms with E-state index in [1.165, 1.54) is 26.5 Å². The number of hydrogen-bond donors (Lipinski definition) is 2. The summed E-state index contributed by atoms with van der Waals surface area (Å²) in [4.78, 5) is 20.2. The molecular formula is C22H32ClN5O4S. The van der Waals surface area contributed by atoms with Gasteiger partial charge in [0.15, 0.2) is 5.69 Å². The number of rotatable bonds is 8. The third kappa shape index (κ3) is 7.31. The van der Waals surface area contributed by atoms with Gasteiger partial charge < -0.3 is 19.6 Å². The molecule has 9 nitrogen and oxygen atoms in total. The SMILES string of the molecule is CNOC.Cl.Cn1nc(C(=O)O)cc1OCCCN1CCN(c2cccc3sccc23)CC1. The molecule has 1 aliphatic rings. The van der Waals surface area contributed by atoms with Crippen LogP contribution < -0.4 is 15.1 Å². The van der Waals surface area contributed by atoms with Crippen molar-refractivity contribution < 1.29 is 19.5 Å². The number of hydrogen-bond acceptors (Lipinski definition) is 8. The van der Waals surface area contributed by atoms with Crippen LogP contribution in [0.4, 0.5) is 5.69 Å². The zero-order valence-corrected chi connectivity index (χ0v) is 20.8. The van der Waals surface area contributed by atoms with Crippen molar-refractivity contribution in [1.29, 1.82) is 0 Å². The largest absolute Gasteiger partial charge is 0.478 e. The quantitative estimate of drug-likeness (QED) is 0.362. The van der Waals surface area contributed by atoms with Gasteiger partial charge in [0, 0.05) is 68.7 Å². The fourth-order valence-electron chi connectivity index (χ4n) is 3.62. The Balaban J connectivity index is 0.000000714. The standard InChI is InChI=1S/C20H24N4O3S.C2H7NO.ClH/c1-22-19(14-16(21-22)20(25)26)27-12-3-7-23-8-10-24(11-9-23)17-4-2-5-18-15(17)6-13-28-18;1-3-4-2;/h2,4-6,13-14H,3,7-12H2,1H3,(H,25,26);3H,1-2H3;1H. The number of nitrogens with zero attached hydrogens (tertiary/aromatic N) is 4. The normalized spacial score (nSPS) is 13.8. The maximum atomic E-state index is 10.9. The van der Waals surface area contributed by atoms with Crippen LogP contribution in [0.15, 0.2) is 35.7 Å². The Bertz CT molecular complexity index is 1000. The van der Waals surface area contributed by atoms with E-state index < -0.39 is 5.97 Å². The van der Waals surface area contributed by atoms with E-state index in [0.717, 1.165) is 39.1 Å². The minimum Gasteiger partial charge on any atom is -0.478 e. The van der Waals surface area contributed by atoms with Crippen molar-refractivity contribution in [2.24, 2.45) is 7.05 Å². The summed E-state index contributed by atoms with van der Waals surface area (Å²) in [7, 11) is 4.97. The highest BCUT2D eigenvalue weighted by Crippen LogP contribution is 2.31. The molecule has 1 fully saturated rings. The molecule has 1 aliphatic heterocycles. The molecular weight excluding hydrogens is 466 g/mol. The summed E-state index contributed by atoms with van der Waals surface area (Å²) in [6, 6.07) is 10.2. The number of thiophene rings is 1. The maximum absolute atomic E-state index is 10.9. The van der Waals surface area contributed by atoms with Crippen molar-refractivity contribution in [3.05, 3.63) is 41.4 Å². The lowest BCUT2D eigenvalue weighted by Gasteiger charge is -2.36. The lowest BCUT2D eigenvalue weighted by molar-refractivity contribution is 0.0689. The van der Waals surface area contributed by atoms with E-state index in [0.29, 0.717) is 12.5 Å². The number of halogens is 1. The number of benzene rings is 1. The van der Waals surface area contributed by atoms with Crippen LogP contribution in [0.2, 0.25) is 0 Å². The number of carboxylic acid groups (broad SMARTS) is 1. The van der Waals surface area contributed by atoms with Crippen molar-refractivity contribution in [2.75, 3.05) is 58.4 Å². The summed E-state index contributed by atoms with van der Waals surface area (Å²) in [5, 5.41) is 16.4. The molecule has 0 radical (unpaired) electrons. The fourth-order valence-corrected chi connectivity index (χ4v) is 4.43. The van der Waals surface area contributed by atoms with Crippen molar-refractivity contribution >= 4 is 45.5 Å². The van der Waals surface area contributed by atoms with E-state index in [1.807, 2.05) is 0 Å². The highest BCUT2D eigenvalue weighted by molar-refractivity contribution is 7.17. The van der Waals surface area contributed by atoms with Gasteiger partial charge in [-0.1, -0.05) is 6.07 Å². The third-order valence-electron chi connectivity index (χ3n) is 5.31. The molecule has 0 atom stereocenters. The molecule has 1 aromatic carbocycles. The number of ether oxygens (including phenoxy) is 1. The fraction of sp³-hybridized carbons (Fsp3) is 0.455. The molecule has 3 aromatic rings. The molecule has 0 spiro atoms. The van der Waals surface area contributed by atoms with Gasteiger partial charge in [-0.3, -0.25) is 4.90 Å². The second kappa shape index (κ2) is 13.4. The zero-order valence-electron chi connectivity index (χ0n) is 19.2. The molecule has 0 bridgehead atoms. The Morgan fingerprint density at radius 2 is 1.97 bits per heavy atom. The molecule has 2 aromatic heterocycles. The number of anilines is 1. The van der Waals surface area contributed by atoms with E-state index in [9.17, 15) is 4.79 Å². The van der Waals surface area contributed by atoms with Crippen LogP contribution in [0.5, 0.6) is 5.88 Å². The first-order valence-corrected chi connectivity index (χ1v) is 11.4. The average molecular weight is 498 g/mol. The van der Waals surface area contributed by atoms with E-state index in [4.69, 9.17) is 9.84 Å². The predicted molar refractivity (Wildman–Crippen MR) is 134 cm³/mol. The smallest absolute Gasteiger partial charge is 0.356 e. The van der Waals surface area contributed by atoms with E-state index >= 15 is 0 Å². The number of nitrogens with one attached hydrogen (secondary N) is 1. The third-order valence-corrected chi connectivity index (χ3v) is 6.20. The first kappa shape index (κ1) is 26.9. The maximum Gasteiger partial charge on any atom is 0.356 e. The summed E-state index contributed by atoms with van der Waals surface area (Å²) < 4.78 is 8.50. The summed E-state index contributed by atoms with van der Waals surface area (Å²) >= 11 is 1.79. The Morgan fingerprint density at radius 3 is 2.61 bits per heavy atom. The van der Waals surface area contributed by atoms with Crippen molar-refractivity contribution in [1.82, 2.24) is 20.2 Å². The number of carboxylic acids is 1. The van der Waals surface area contributed by atoms with E-state index in [1.54, 1.807) is 32.5 Å². The first-order chi connectivity index (χ1) is 15.5. The molecule has 0 aliphatic carbocycles. The lowest BCUT2D eigenvalue weighted by Crippen LogP contribution is -2.46. The highest BCUT2D eigenvalue weighted by atomic mass is 35.5. The molecule has 0 unspecified atom stereocenters. The van der Waals surface area contributed by atoms with E-state index in [-0.39, 0.29) is 18.1 Å². The summed E-state index contributed by atoms with van der Waals surface area (Å²) in [6.07, 6.45) is 0.897. The van der Waals surface area contributed by atoms with Crippen molar-refractivity contribution in [2.45, 2.75) is 6.42 Å². The second-order valence-corrected chi connectivity index (χ2v) is 8.29. The van der Waals surface area contributed by atoms with Gasteiger partial charge >= 0.3 is 5.97 Å². The first-order valence-electron chi connectivity index (χ1n) is 10.6. The van der Waals surface area contributed by atoms with Gasteiger partial charge in [-0.15, -0.1) is 23.7 Å². The predicted octanol–water partition coefficient (Wildman–Crippen LogP) is 3.11. The number of piperazine rings is 1. The molecule has 0 saturated carbocycles. The van der Waals surface area contributed by atoms with Crippen LogP contribution in [0, 0.1) is 0 Å². The topological polar surface area (TPSA) is 92.1 Å². The van der Waals surface area contributed by atoms with E-state index in [2.05, 4.69) is 54.9 Å². The highest BCUT2D eigenvalue weighted by Gasteiger charge is 2.19. The Labute approximate surface area is 204 Å². The Kier molecular flexibility index (Phi) is 10.9. The van der Waals surface area contributed by atoms with Crippen LogP contribution in [0.1, 0.15) is 16.9 Å².